The van der Waals surface area contributed by atoms with Gasteiger partial charge in [0.25, 0.3) is 5.89 Å². The summed E-state index contributed by atoms with van der Waals surface area (Å²) in [5.74, 6) is 1.48. The maximum atomic E-state index is 9.58. The number of phenols is 1. The van der Waals surface area contributed by atoms with Gasteiger partial charge >= 0.3 is 0 Å². The van der Waals surface area contributed by atoms with Crippen molar-refractivity contribution in [2.24, 2.45) is 0 Å². The summed E-state index contributed by atoms with van der Waals surface area (Å²) in [5.41, 5.74) is 1.62. The zero-order valence-electron chi connectivity index (χ0n) is 12.6. The van der Waals surface area contributed by atoms with Crippen molar-refractivity contribution in [2.75, 3.05) is 33.7 Å². The minimum atomic E-state index is 0.152. The van der Waals surface area contributed by atoms with Crippen molar-refractivity contribution in [3.8, 4) is 17.2 Å². The van der Waals surface area contributed by atoms with E-state index in [1.165, 1.54) is 0 Å². The van der Waals surface area contributed by atoms with Gasteiger partial charge < -0.3 is 14.5 Å². The molecule has 1 saturated heterocycles. The number of aromatic nitrogens is 2. The van der Waals surface area contributed by atoms with E-state index in [4.69, 9.17) is 4.52 Å². The molecule has 1 aliphatic heterocycles. The van der Waals surface area contributed by atoms with Crippen molar-refractivity contribution in [1.29, 1.82) is 0 Å². The van der Waals surface area contributed by atoms with Gasteiger partial charge in [-0.2, -0.15) is 4.98 Å². The van der Waals surface area contributed by atoms with Crippen LogP contribution in [0.1, 0.15) is 17.4 Å². The van der Waals surface area contributed by atoms with Crippen LogP contribution in [0.5, 0.6) is 5.75 Å². The Morgan fingerprint density at radius 1 is 1.29 bits per heavy atom. The fourth-order valence-corrected chi connectivity index (χ4v) is 2.56. The standard InChI is InChI=1S/C15H20N4O2/c1-10-8-11(4-5-13(10)20)15-16-14(17-21-15)12-9-18(2)6-7-19(12)3/h4-5,8,12,20H,6-7,9H2,1-3H3. The molecule has 0 amide bonds. The number of piperazine rings is 1. The molecule has 1 N–H and O–H groups in total. The topological polar surface area (TPSA) is 65.6 Å². The highest BCUT2D eigenvalue weighted by molar-refractivity contribution is 5.56. The largest absolute Gasteiger partial charge is 0.508 e. The number of aromatic hydroxyl groups is 1. The number of aryl methyl sites for hydroxylation is 1. The third kappa shape index (κ3) is 2.77. The predicted molar refractivity (Wildman–Crippen MR) is 79.0 cm³/mol. The average molecular weight is 288 g/mol. The first kappa shape index (κ1) is 14.0. The smallest absolute Gasteiger partial charge is 0.257 e. The van der Waals surface area contributed by atoms with Crippen molar-refractivity contribution in [3.05, 3.63) is 29.6 Å². The third-order valence-electron chi connectivity index (χ3n) is 4.03. The Bertz CT molecular complexity index is 640. The molecule has 1 atom stereocenters. The Kier molecular flexibility index (Phi) is 3.65. The van der Waals surface area contributed by atoms with Crippen molar-refractivity contribution in [3.63, 3.8) is 0 Å². The molecule has 1 fully saturated rings. The lowest BCUT2D eigenvalue weighted by molar-refractivity contribution is 0.108. The van der Waals surface area contributed by atoms with Crippen molar-refractivity contribution >= 4 is 0 Å². The normalized spacial score (nSPS) is 20.8. The molecule has 1 unspecified atom stereocenters. The Hall–Kier alpha value is -1.92. The summed E-state index contributed by atoms with van der Waals surface area (Å²) < 4.78 is 5.39. The van der Waals surface area contributed by atoms with Crippen molar-refractivity contribution in [2.45, 2.75) is 13.0 Å². The van der Waals surface area contributed by atoms with Crippen LogP contribution in [0.25, 0.3) is 11.5 Å². The van der Waals surface area contributed by atoms with Crippen LogP contribution in [0, 0.1) is 6.92 Å². The second kappa shape index (κ2) is 5.46. The molecule has 3 rings (SSSR count). The zero-order valence-corrected chi connectivity index (χ0v) is 12.6. The van der Waals surface area contributed by atoms with Crippen LogP contribution in [0.4, 0.5) is 0 Å². The van der Waals surface area contributed by atoms with Crippen LogP contribution in [-0.4, -0.2) is 58.8 Å². The van der Waals surface area contributed by atoms with E-state index in [0.717, 1.165) is 30.8 Å². The van der Waals surface area contributed by atoms with Gasteiger partial charge in [0.15, 0.2) is 5.82 Å². The molecule has 0 aliphatic carbocycles. The Morgan fingerprint density at radius 3 is 2.86 bits per heavy atom. The van der Waals surface area contributed by atoms with Crippen molar-refractivity contribution < 1.29 is 9.63 Å². The number of hydrogen-bond donors (Lipinski definition) is 1. The summed E-state index contributed by atoms with van der Waals surface area (Å²) in [6.45, 7) is 4.78. The number of rotatable bonds is 2. The van der Waals surface area contributed by atoms with E-state index >= 15 is 0 Å². The summed E-state index contributed by atoms with van der Waals surface area (Å²) in [7, 11) is 4.18. The Morgan fingerprint density at radius 2 is 2.10 bits per heavy atom. The van der Waals surface area contributed by atoms with Crippen LogP contribution >= 0.6 is 0 Å². The molecule has 2 heterocycles. The van der Waals surface area contributed by atoms with Crippen LogP contribution in [0.2, 0.25) is 0 Å². The number of nitrogens with zero attached hydrogens (tertiary/aromatic N) is 4. The highest BCUT2D eigenvalue weighted by atomic mass is 16.5. The molecule has 0 bridgehead atoms. The third-order valence-corrected chi connectivity index (χ3v) is 4.03. The Balaban J connectivity index is 1.87. The monoisotopic (exact) mass is 288 g/mol. The summed E-state index contributed by atoms with van der Waals surface area (Å²) in [6.07, 6.45) is 0. The molecular weight excluding hydrogens is 268 g/mol. The molecule has 6 nitrogen and oxygen atoms in total. The molecule has 6 heteroatoms. The van der Waals surface area contributed by atoms with Gasteiger partial charge in [0.1, 0.15) is 5.75 Å². The quantitative estimate of drug-likeness (QED) is 0.907. The minimum Gasteiger partial charge on any atom is -0.508 e. The molecule has 0 radical (unpaired) electrons. The first-order chi connectivity index (χ1) is 10.0. The molecule has 1 aliphatic rings. The molecule has 112 valence electrons. The molecule has 1 aromatic heterocycles. The van der Waals surface area contributed by atoms with E-state index in [1.807, 2.05) is 13.0 Å². The first-order valence-electron chi connectivity index (χ1n) is 7.07. The molecular formula is C15H20N4O2. The second-order valence-electron chi connectivity index (χ2n) is 5.72. The lowest BCUT2D eigenvalue weighted by Crippen LogP contribution is -2.45. The summed E-state index contributed by atoms with van der Waals surface area (Å²) in [4.78, 5) is 9.05. The number of hydrogen-bond acceptors (Lipinski definition) is 6. The molecule has 0 saturated carbocycles. The molecule has 0 spiro atoms. The van der Waals surface area contributed by atoms with Crippen LogP contribution < -0.4 is 0 Å². The van der Waals surface area contributed by atoms with Gasteiger partial charge in [0.2, 0.25) is 0 Å². The Labute approximate surface area is 124 Å². The fourth-order valence-electron chi connectivity index (χ4n) is 2.56. The highest BCUT2D eigenvalue weighted by Gasteiger charge is 2.28. The lowest BCUT2D eigenvalue weighted by Gasteiger charge is -2.35. The van der Waals surface area contributed by atoms with Gasteiger partial charge in [-0.3, -0.25) is 4.90 Å². The maximum Gasteiger partial charge on any atom is 0.257 e. The van der Waals surface area contributed by atoms with Crippen LogP contribution in [-0.2, 0) is 0 Å². The van der Waals surface area contributed by atoms with Crippen LogP contribution in [0.3, 0.4) is 0 Å². The molecule has 2 aromatic rings. The highest BCUT2D eigenvalue weighted by Crippen LogP contribution is 2.27. The molecule has 21 heavy (non-hydrogen) atoms. The minimum absolute atomic E-state index is 0.152. The van der Waals surface area contributed by atoms with E-state index < -0.39 is 0 Å². The maximum absolute atomic E-state index is 9.58. The summed E-state index contributed by atoms with van der Waals surface area (Å²) >= 11 is 0. The first-order valence-corrected chi connectivity index (χ1v) is 7.07. The van der Waals surface area contributed by atoms with Gasteiger partial charge in [-0.15, -0.1) is 0 Å². The number of benzene rings is 1. The fraction of sp³-hybridized carbons (Fsp3) is 0.467. The zero-order chi connectivity index (χ0) is 15.0. The van der Waals surface area contributed by atoms with Gasteiger partial charge in [-0.1, -0.05) is 5.16 Å². The second-order valence-corrected chi connectivity index (χ2v) is 5.72. The van der Waals surface area contributed by atoms with E-state index in [-0.39, 0.29) is 11.8 Å². The number of phenolic OH excluding ortho intramolecular Hbond substituents is 1. The van der Waals surface area contributed by atoms with Gasteiger partial charge in [0, 0.05) is 25.2 Å². The predicted octanol–water partition coefficient (Wildman–Crippen LogP) is 1.67. The number of likely N-dealkylation sites (N-methyl/N-ethyl adjacent to an activating group) is 2. The van der Waals surface area contributed by atoms with E-state index in [0.29, 0.717) is 11.7 Å². The van der Waals surface area contributed by atoms with Crippen molar-refractivity contribution in [1.82, 2.24) is 19.9 Å². The molecule has 1 aromatic carbocycles. The van der Waals surface area contributed by atoms with Crippen LogP contribution in [0.15, 0.2) is 22.7 Å². The SMILES string of the molecule is Cc1cc(-c2nc(C3CN(C)CCN3C)no2)ccc1O. The van der Waals surface area contributed by atoms with E-state index in [1.54, 1.807) is 12.1 Å². The van der Waals surface area contributed by atoms with E-state index in [2.05, 4.69) is 34.0 Å². The van der Waals surface area contributed by atoms with E-state index in [9.17, 15) is 5.11 Å². The average Bonchev–Trinajstić information content (AvgIpc) is 2.94. The van der Waals surface area contributed by atoms with Gasteiger partial charge in [-0.05, 0) is 44.8 Å². The van der Waals surface area contributed by atoms with Gasteiger partial charge in [0.05, 0.1) is 6.04 Å². The lowest BCUT2D eigenvalue weighted by atomic mass is 10.1. The van der Waals surface area contributed by atoms with Gasteiger partial charge in [-0.25, -0.2) is 0 Å². The summed E-state index contributed by atoms with van der Waals surface area (Å²) in [5, 5.41) is 13.7. The summed E-state index contributed by atoms with van der Waals surface area (Å²) in [6, 6.07) is 5.44.